The van der Waals surface area contributed by atoms with E-state index in [9.17, 15) is 9.59 Å². The van der Waals surface area contributed by atoms with E-state index in [1.54, 1.807) is 12.1 Å². The van der Waals surface area contributed by atoms with Crippen molar-refractivity contribution in [3.8, 4) is 11.3 Å². The van der Waals surface area contributed by atoms with Crippen molar-refractivity contribution in [1.82, 2.24) is 19.9 Å². The highest BCUT2D eigenvalue weighted by Gasteiger charge is 2.48. The fourth-order valence-corrected chi connectivity index (χ4v) is 5.04. The monoisotopic (exact) mass is 518 g/mol. The van der Waals surface area contributed by atoms with Crippen molar-refractivity contribution < 1.29 is 19.2 Å². The number of likely N-dealkylation sites (N-methyl/N-ethyl adjacent to an activating group) is 1. The highest BCUT2D eigenvalue weighted by atomic mass is 79.9. The zero-order valence-electron chi connectivity index (χ0n) is 19.3. The number of ether oxygens (including phenoxy) is 1. The highest BCUT2D eigenvalue weighted by Crippen LogP contribution is 2.48. The first kappa shape index (κ1) is 23.9. The average Bonchev–Trinajstić information content (AvgIpc) is 3.40. The van der Waals surface area contributed by atoms with Crippen LogP contribution in [0.2, 0.25) is 0 Å². The van der Waals surface area contributed by atoms with E-state index < -0.39 is 12.1 Å². The molecule has 8 nitrogen and oxygen atoms in total. The average molecular weight is 519 g/mol. The van der Waals surface area contributed by atoms with E-state index in [-0.39, 0.29) is 17.4 Å². The van der Waals surface area contributed by atoms with Gasteiger partial charge in [0.25, 0.3) is 0 Å². The SMILES string of the molecule is CC(C)[C@@H](C=O)N(C)C(=O)ON1CC2(CCOCC2)CC1c1ncc(-c2ccc(Br)cc2)[nH]1. The minimum atomic E-state index is -0.539. The van der Waals surface area contributed by atoms with Gasteiger partial charge in [-0.2, -0.15) is 0 Å². The molecule has 9 heteroatoms. The number of amides is 1. The third-order valence-corrected chi connectivity index (χ3v) is 7.37. The highest BCUT2D eigenvalue weighted by molar-refractivity contribution is 9.10. The van der Waals surface area contributed by atoms with E-state index in [4.69, 9.17) is 9.57 Å². The first-order valence-corrected chi connectivity index (χ1v) is 12.2. The number of nitrogens with one attached hydrogen (secondary N) is 1. The summed E-state index contributed by atoms with van der Waals surface area (Å²) in [5, 5.41) is 1.75. The summed E-state index contributed by atoms with van der Waals surface area (Å²) >= 11 is 3.47. The number of carbonyl (C=O) groups is 2. The summed E-state index contributed by atoms with van der Waals surface area (Å²) in [5.41, 5.74) is 1.95. The van der Waals surface area contributed by atoms with Crippen LogP contribution in [-0.2, 0) is 14.4 Å². The molecule has 1 unspecified atom stereocenters. The van der Waals surface area contributed by atoms with Crippen LogP contribution in [0.25, 0.3) is 11.3 Å². The Morgan fingerprint density at radius 1 is 1.33 bits per heavy atom. The Bertz CT molecular complexity index is 971. The number of hydroxylamine groups is 2. The van der Waals surface area contributed by atoms with Crippen molar-refractivity contribution >= 4 is 28.3 Å². The molecule has 1 N–H and O–H groups in total. The molecule has 0 aliphatic carbocycles. The second-order valence-electron chi connectivity index (χ2n) is 9.44. The number of hydrogen-bond donors (Lipinski definition) is 1. The van der Waals surface area contributed by atoms with Crippen LogP contribution in [-0.4, -0.2) is 65.2 Å². The van der Waals surface area contributed by atoms with E-state index in [2.05, 4.69) is 25.9 Å². The van der Waals surface area contributed by atoms with E-state index in [1.807, 2.05) is 44.3 Å². The van der Waals surface area contributed by atoms with Crippen molar-refractivity contribution in [1.29, 1.82) is 0 Å². The molecule has 2 aromatic rings. The summed E-state index contributed by atoms with van der Waals surface area (Å²) in [6.45, 7) is 5.84. The van der Waals surface area contributed by atoms with Crippen molar-refractivity contribution in [3.63, 3.8) is 0 Å². The van der Waals surface area contributed by atoms with E-state index in [0.717, 1.165) is 47.1 Å². The zero-order valence-corrected chi connectivity index (χ0v) is 20.9. The van der Waals surface area contributed by atoms with Gasteiger partial charge in [0.05, 0.1) is 17.9 Å². The predicted molar refractivity (Wildman–Crippen MR) is 127 cm³/mol. The lowest BCUT2D eigenvalue weighted by atomic mass is 9.78. The number of nitrogens with zero attached hydrogens (tertiary/aromatic N) is 3. The Hall–Kier alpha value is -2.23. The number of H-pyrrole nitrogens is 1. The third kappa shape index (κ3) is 5.15. The molecule has 1 spiro atoms. The largest absolute Gasteiger partial charge is 0.429 e. The lowest BCUT2D eigenvalue weighted by molar-refractivity contribution is -0.137. The quantitative estimate of drug-likeness (QED) is 0.562. The van der Waals surface area contributed by atoms with Gasteiger partial charge in [-0.05, 0) is 48.3 Å². The van der Waals surface area contributed by atoms with Crippen LogP contribution < -0.4 is 0 Å². The Morgan fingerprint density at radius 3 is 2.67 bits per heavy atom. The van der Waals surface area contributed by atoms with Gasteiger partial charge in [-0.3, -0.25) is 4.90 Å². The van der Waals surface area contributed by atoms with E-state index >= 15 is 0 Å². The van der Waals surface area contributed by atoms with Crippen molar-refractivity contribution in [3.05, 3.63) is 40.8 Å². The molecule has 0 bridgehead atoms. The lowest BCUT2D eigenvalue weighted by Crippen LogP contribution is -2.44. The molecule has 33 heavy (non-hydrogen) atoms. The van der Waals surface area contributed by atoms with E-state index in [1.165, 1.54) is 4.90 Å². The number of benzene rings is 1. The van der Waals surface area contributed by atoms with Gasteiger partial charge in [0.2, 0.25) is 0 Å². The maximum absolute atomic E-state index is 13.0. The predicted octanol–water partition coefficient (Wildman–Crippen LogP) is 4.59. The van der Waals surface area contributed by atoms with Crippen LogP contribution in [0.4, 0.5) is 4.79 Å². The van der Waals surface area contributed by atoms with Gasteiger partial charge in [-0.25, -0.2) is 9.78 Å². The summed E-state index contributed by atoms with van der Waals surface area (Å²) in [4.78, 5) is 39.8. The normalized spacial score (nSPS) is 21.3. The van der Waals surface area contributed by atoms with Gasteiger partial charge >= 0.3 is 6.09 Å². The molecule has 3 heterocycles. The van der Waals surface area contributed by atoms with Crippen LogP contribution in [0.3, 0.4) is 0 Å². The minimum Gasteiger partial charge on any atom is -0.381 e. The summed E-state index contributed by atoms with van der Waals surface area (Å²) in [6.07, 6.45) is 4.73. The second kappa shape index (κ2) is 9.95. The number of aromatic nitrogens is 2. The molecule has 1 aromatic heterocycles. The Morgan fingerprint density at radius 2 is 2.03 bits per heavy atom. The molecule has 178 valence electrons. The number of rotatable bonds is 6. The van der Waals surface area contributed by atoms with Crippen LogP contribution in [0.15, 0.2) is 34.9 Å². The molecular weight excluding hydrogens is 488 g/mol. The molecule has 2 atom stereocenters. The molecule has 2 fully saturated rings. The second-order valence-corrected chi connectivity index (χ2v) is 10.4. The van der Waals surface area contributed by atoms with E-state index in [0.29, 0.717) is 19.8 Å². The zero-order chi connectivity index (χ0) is 23.6. The molecule has 1 aromatic carbocycles. The fourth-order valence-electron chi connectivity index (χ4n) is 4.78. The summed E-state index contributed by atoms with van der Waals surface area (Å²) in [7, 11) is 1.61. The number of aromatic amines is 1. The van der Waals surface area contributed by atoms with Crippen molar-refractivity contribution in [2.75, 3.05) is 26.8 Å². The van der Waals surface area contributed by atoms with Gasteiger partial charge in [-0.15, -0.1) is 5.06 Å². The Labute approximate surface area is 202 Å². The number of hydrogen-bond acceptors (Lipinski definition) is 6. The lowest BCUT2D eigenvalue weighted by Gasteiger charge is -2.33. The Balaban J connectivity index is 1.57. The number of aldehydes is 1. The maximum atomic E-state index is 13.0. The first-order valence-electron chi connectivity index (χ1n) is 11.4. The summed E-state index contributed by atoms with van der Waals surface area (Å²) in [6, 6.07) is 7.29. The minimum absolute atomic E-state index is 0.00481. The number of halogens is 1. The Kier molecular flexibility index (Phi) is 7.21. The number of carbonyl (C=O) groups excluding carboxylic acids is 2. The summed E-state index contributed by atoms with van der Waals surface area (Å²) in [5.74, 6) is 0.761. The van der Waals surface area contributed by atoms with Crippen LogP contribution in [0, 0.1) is 11.3 Å². The topological polar surface area (TPSA) is 87.8 Å². The standard InChI is InChI=1S/C24H31BrN4O4/c1-16(2)21(14-30)28(3)23(31)33-29-15-24(8-10-32-11-9-24)12-20(29)22-26-13-19(27-22)17-4-6-18(25)7-5-17/h4-7,13-14,16,20-21H,8-12,15H2,1-3H3,(H,26,27)/t20?,21-/m1/s1. The number of imidazole rings is 1. The van der Waals surface area contributed by atoms with Gasteiger partial charge in [0, 0.05) is 31.3 Å². The summed E-state index contributed by atoms with van der Waals surface area (Å²) < 4.78 is 6.61. The third-order valence-electron chi connectivity index (χ3n) is 6.84. The molecule has 4 rings (SSSR count). The van der Waals surface area contributed by atoms with Gasteiger partial charge in [0.15, 0.2) is 0 Å². The van der Waals surface area contributed by atoms with Crippen molar-refractivity contribution in [2.24, 2.45) is 11.3 Å². The van der Waals surface area contributed by atoms with Gasteiger partial charge < -0.3 is 19.4 Å². The smallest absolute Gasteiger partial charge is 0.381 e. The maximum Gasteiger partial charge on any atom is 0.429 e. The van der Waals surface area contributed by atoms with Gasteiger partial charge in [-0.1, -0.05) is 41.9 Å². The van der Waals surface area contributed by atoms with Gasteiger partial charge in [0.1, 0.15) is 18.2 Å². The van der Waals surface area contributed by atoms with Crippen LogP contribution in [0.1, 0.15) is 45.0 Å². The first-order chi connectivity index (χ1) is 15.8. The molecular formula is C24H31BrN4O4. The molecule has 2 aliphatic rings. The van der Waals surface area contributed by atoms with Crippen molar-refractivity contribution in [2.45, 2.75) is 45.2 Å². The van der Waals surface area contributed by atoms with Crippen LogP contribution >= 0.6 is 15.9 Å². The molecule has 2 aliphatic heterocycles. The molecule has 0 radical (unpaired) electrons. The molecule has 1 amide bonds. The fraction of sp³-hybridized carbons (Fsp3) is 0.542. The van der Waals surface area contributed by atoms with Crippen LogP contribution in [0.5, 0.6) is 0 Å². The molecule has 2 saturated heterocycles. The molecule has 0 saturated carbocycles.